The molecule has 0 bridgehead atoms. The summed E-state index contributed by atoms with van der Waals surface area (Å²) in [4.78, 5) is 27.1. The lowest BCUT2D eigenvalue weighted by Crippen LogP contribution is -2.50. The quantitative estimate of drug-likeness (QED) is 0.433. The van der Waals surface area contributed by atoms with Crippen molar-refractivity contribution in [1.29, 1.82) is 0 Å². The largest absolute Gasteiger partial charge is 0.497 e. The number of ether oxygens (including phenoxy) is 1. The summed E-state index contributed by atoms with van der Waals surface area (Å²) in [5.74, 6) is -1.77. The number of anilines is 1. The molecule has 196 valence electrons. The molecular weight excluding hydrogens is 504 g/mol. The number of hydrogen-bond acceptors (Lipinski definition) is 5. The number of methoxy groups -OCH3 is 1. The number of rotatable bonds is 10. The smallest absolute Gasteiger partial charge is 0.264 e. The molecule has 3 aromatic carbocycles. The highest BCUT2D eigenvalue weighted by molar-refractivity contribution is 7.92. The van der Waals surface area contributed by atoms with E-state index in [4.69, 9.17) is 4.74 Å². The van der Waals surface area contributed by atoms with Crippen molar-refractivity contribution in [3.05, 3.63) is 90.0 Å². The summed E-state index contributed by atoms with van der Waals surface area (Å²) >= 11 is 0. The fraction of sp³-hybridized carbons (Fsp3) is 0.231. The van der Waals surface area contributed by atoms with Gasteiger partial charge >= 0.3 is 0 Å². The summed E-state index contributed by atoms with van der Waals surface area (Å²) in [7, 11) is -1.44. The van der Waals surface area contributed by atoms with Crippen molar-refractivity contribution in [2.45, 2.75) is 24.4 Å². The Labute approximate surface area is 214 Å². The summed E-state index contributed by atoms with van der Waals surface area (Å²) in [5, 5.41) is 2.47. The molecule has 8 nitrogen and oxygen atoms in total. The van der Waals surface area contributed by atoms with Crippen molar-refractivity contribution in [2.75, 3.05) is 25.0 Å². The molecule has 11 heteroatoms. The van der Waals surface area contributed by atoms with Gasteiger partial charge in [-0.05, 0) is 73.2 Å². The molecule has 0 fully saturated rings. The number of likely N-dealkylation sites (N-methyl/N-ethyl adjacent to an activating group) is 1. The molecule has 0 saturated carbocycles. The molecule has 2 amide bonds. The highest BCUT2D eigenvalue weighted by atomic mass is 32.2. The van der Waals surface area contributed by atoms with Gasteiger partial charge in [0.1, 0.15) is 30.0 Å². The van der Waals surface area contributed by atoms with E-state index in [9.17, 15) is 26.8 Å². The number of nitrogens with one attached hydrogen (secondary N) is 1. The van der Waals surface area contributed by atoms with Gasteiger partial charge in [-0.25, -0.2) is 17.2 Å². The molecule has 0 heterocycles. The summed E-state index contributed by atoms with van der Waals surface area (Å²) in [6.07, 6.45) is 0. The predicted molar refractivity (Wildman–Crippen MR) is 134 cm³/mol. The minimum atomic E-state index is -4.29. The number of hydrogen-bond donors (Lipinski definition) is 1. The van der Waals surface area contributed by atoms with E-state index >= 15 is 0 Å². The fourth-order valence-corrected chi connectivity index (χ4v) is 5.00. The van der Waals surface area contributed by atoms with Crippen molar-refractivity contribution >= 4 is 27.5 Å². The number of carbonyl (C=O) groups is 2. The number of nitrogens with zero attached hydrogens (tertiary/aromatic N) is 2. The summed E-state index contributed by atoms with van der Waals surface area (Å²) in [6.45, 7) is 0.747. The van der Waals surface area contributed by atoms with E-state index in [1.54, 1.807) is 0 Å². The van der Waals surface area contributed by atoms with E-state index in [-0.39, 0.29) is 17.1 Å². The van der Waals surface area contributed by atoms with Crippen molar-refractivity contribution in [1.82, 2.24) is 10.2 Å². The van der Waals surface area contributed by atoms with Crippen LogP contribution in [0.5, 0.6) is 5.75 Å². The number of benzene rings is 3. The number of carbonyl (C=O) groups excluding carboxylic acids is 2. The first-order chi connectivity index (χ1) is 17.6. The molecule has 37 heavy (non-hydrogen) atoms. The molecule has 0 spiro atoms. The van der Waals surface area contributed by atoms with Crippen molar-refractivity contribution < 1.29 is 31.5 Å². The first kappa shape index (κ1) is 27.6. The van der Waals surface area contributed by atoms with E-state index in [1.165, 1.54) is 86.6 Å². The van der Waals surface area contributed by atoms with Crippen molar-refractivity contribution in [2.24, 2.45) is 0 Å². The predicted octanol–water partition coefficient (Wildman–Crippen LogP) is 3.33. The summed E-state index contributed by atoms with van der Waals surface area (Å²) < 4.78 is 60.2. The molecule has 0 radical (unpaired) electrons. The third-order valence-electron chi connectivity index (χ3n) is 5.72. The van der Waals surface area contributed by atoms with E-state index in [0.717, 1.165) is 16.4 Å². The van der Waals surface area contributed by atoms with Crippen LogP contribution in [0.2, 0.25) is 0 Å². The van der Waals surface area contributed by atoms with Gasteiger partial charge in [-0.2, -0.15) is 0 Å². The molecule has 0 aliphatic rings. The SMILES string of the molecule is CNC(=O)[C@@H](C)N(Cc1ccc(F)cc1)C(=O)CN(c1ccc(F)cc1)S(=O)(=O)c1ccc(OC)cc1. The van der Waals surface area contributed by atoms with E-state index < -0.39 is 46.1 Å². The van der Waals surface area contributed by atoms with E-state index in [2.05, 4.69) is 5.32 Å². The zero-order valence-corrected chi connectivity index (χ0v) is 21.3. The number of sulfonamides is 1. The molecule has 0 aliphatic heterocycles. The molecule has 1 atom stereocenters. The van der Waals surface area contributed by atoms with Crippen molar-refractivity contribution in [3.8, 4) is 5.75 Å². The highest BCUT2D eigenvalue weighted by Crippen LogP contribution is 2.26. The molecular formula is C26H27F2N3O5S. The van der Waals surface area contributed by atoms with Crippen LogP contribution in [0.25, 0.3) is 0 Å². The van der Waals surface area contributed by atoms with Crippen LogP contribution < -0.4 is 14.4 Å². The van der Waals surface area contributed by atoms with Crippen LogP contribution in [-0.2, 0) is 26.2 Å². The topological polar surface area (TPSA) is 96.0 Å². The first-order valence-corrected chi connectivity index (χ1v) is 12.7. The minimum absolute atomic E-state index is 0.0555. The second-order valence-electron chi connectivity index (χ2n) is 8.10. The molecule has 3 rings (SSSR count). The second-order valence-corrected chi connectivity index (χ2v) is 9.96. The summed E-state index contributed by atoms with van der Waals surface area (Å²) in [5.41, 5.74) is 0.594. The lowest BCUT2D eigenvalue weighted by Gasteiger charge is -2.31. The van der Waals surface area contributed by atoms with Gasteiger partial charge in [-0.3, -0.25) is 13.9 Å². The Morgan fingerprint density at radius 1 is 0.919 bits per heavy atom. The van der Waals surface area contributed by atoms with Crippen molar-refractivity contribution in [3.63, 3.8) is 0 Å². The van der Waals surface area contributed by atoms with Crippen LogP contribution >= 0.6 is 0 Å². The van der Waals surface area contributed by atoms with E-state index in [1.807, 2.05) is 0 Å². The van der Waals surface area contributed by atoms with Gasteiger partial charge in [0.05, 0.1) is 17.7 Å². The average Bonchev–Trinajstić information content (AvgIpc) is 2.91. The Balaban J connectivity index is 2.01. The lowest BCUT2D eigenvalue weighted by molar-refractivity contribution is -0.139. The number of halogens is 2. The van der Waals surface area contributed by atoms with Crippen LogP contribution in [0.3, 0.4) is 0 Å². The average molecular weight is 532 g/mol. The zero-order chi connectivity index (χ0) is 27.2. The number of amides is 2. The van der Waals surface area contributed by atoms with Gasteiger partial charge in [0, 0.05) is 13.6 Å². The Bertz CT molecular complexity index is 1330. The van der Waals surface area contributed by atoms with E-state index in [0.29, 0.717) is 11.3 Å². The van der Waals surface area contributed by atoms with Gasteiger partial charge in [0.25, 0.3) is 10.0 Å². The Hall–Kier alpha value is -3.99. The maximum absolute atomic E-state index is 13.6. The van der Waals surface area contributed by atoms with Gasteiger partial charge in [-0.1, -0.05) is 12.1 Å². The molecule has 3 aromatic rings. The van der Waals surface area contributed by atoms with Crippen LogP contribution in [0.1, 0.15) is 12.5 Å². The zero-order valence-electron chi connectivity index (χ0n) is 20.5. The van der Waals surface area contributed by atoms with Gasteiger partial charge in [0.15, 0.2) is 0 Å². The monoisotopic (exact) mass is 531 g/mol. The van der Waals surface area contributed by atoms with Gasteiger partial charge in [0.2, 0.25) is 11.8 Å². The van der Waals surface area contributed by atoms with Gasteiger partial charge < -0.3 is 15.0 Å². The standard InChI is InChI=1S/C26H27F2N3O5S/c1-18(26(33)29-2)30(16-19-4-6-20(27)7-5-19)25(32)17-31(22-10-8-21(28)9-11-22)37(34,35)24-14-12-23(36-3)13-15-24/h4-15,18H,16-17H2,1-3H3,(H,29,33)/t18-/m1/s1. The summed E-state index contributed by atoms with van der Waals surface area (Å²) in [6, 6.07) is 14.7. The fourth-order valence-electron chi connectivity index (χ4n) is 3.59. The molecule has 0 saturated heterocycles. The molecule has 0 aliphatic carbocycles. The highest BCUT2D eigenvalue weighted by Gasteiger charge is 2.32. The molecule has 1 N–H and O–H groups in total. The molecule has 0 aromatic heterocycles. The second kappa shape index (κ2) is 11.8. The lowest BCUT2D eigenvalue weighted by atomic mass is 10.1. The van der Waals surface area contributed by atoms with Crippen LogP contribution in [0, 0.1) is 11.6 Å². The Morgan fingerprint density at radius 3 is 1.97 bits per heavy atom. The third-order valence-corrected chi connectivity index (χ3v) is 7.51. The first-order valence-electron chi connectivity index (χ1n) is 11.2. The van der Waals surface area contributed by atoms with Crippen LogP contribution in [-0.4, -0.2) is 51.9 Å². The Morgan fingerprint density at radius 2 is 1.46 bits per heavy atom. The third kappa shape index (κ3) is 6.62. The maximum atomic E-state index is 13.6. The Kier molecular flexibility index (Phi) is 8.82. The van der Waals surface area contributed by atoms with Crippen LogP contribution in [0.15, 0.2) is 77.7 Å². The normalized spacial score (nSPS) is 11.9. The van der Waals surface area contributed by atoms with Crippen LogP contribution in [0.4, 0.5) is 14.5 Å². The maximum Gasteiger partial charge on any atom is 0.264 e. The molecule has 0 unspecified atom stereocenters. The van der Waals surface area contributed by atoms with Gasteiger partial charge in [-0.15, -0.1) is 0 Å². The minimum Gasteiger partial charge on any atom is -0.497 e.